The number of aliphatic hydroxyl groups is 5. The van der Waals surface area contributed by atoms with Crippen molar-refractivity contribution in [2.24, 2.45) is 41.4 Å². The third-order valence-corrected chi connectivity index (χ3v) is 12.9. The Morgan fingerprint density at radius 2 is 1.57 bits per heavy atom. The van der Waals surface area contributed by atoms with Crippen LogP contribution in [0.15, 0.2) is 0 Å². The Bertz CT molecular complexity index is 1030. The van der Waals surface area contributed by atoms with Gasteiger partial charge in [0.05, 0.1) is 36.1 Å². The molecule has 0 aromatic heterocycles. The smallest absolute Gasteiger partial charge is 0.198 e. The van der Waals surface area contributed by atoms with Crippen molar-refractivity contribution >= 4 is 5.78 Å². The Balaban J connectivity index is 1.81. The molecule has 0 saturated carbocycles. The number of carbonyl (C=O) groups is 1. The predicted octanol–water partition coefficient (Wildman–Crippen LogP) is 5.75. The van der Waals surface area contributed by atoms with Crippen LogP contribution >= 0.6 is 0 Å². The van der Waals surface area contributed by atoms with Gasteiger partial charge in [0.25, 0.3) is 0 Å². The third kappa shape index (κ3) is 7.40. The van der Waals surface area contributed by atoms with Crippen molar-refractivity contribution < 1.29 is 44.5 Å². The minimum Gasteiger partial charge on any atom is -0.392 e. The molecule has 0 bridgehead atoms. The molecule has 0 radical (unpaired) electrons. The topological polar surface area (TPSA) is 146 Å². The lowest BCUT2D eigenvalue weighted by molar-refractivity contribution is -0.334. The molecule has 3 aliphatic rings. The summed E-state index contributed by atoms with van der Waals surface area (Å²) < 4.78 is 19.7. The third-order valence-electron chi connectivity index (χ3n) is 12.9. The number of Topliss-reactive ketones (excluding diaryl/α,β-unsaturated/α-hetero) is 1. The molecule has 276 valence electrons. The summed E-state index contributed by atoms with van der Waals surface area (Å²) in [6.45, 7) is 21.2. The summed E-state index contributed by atoms with van der Waals surface area (Å²) in [7, 11) is 0. The summed E-state index contributed by atoms with van der Waals surface area (Å²) in [5.74, 6) is -6.18. The largest absolute Gasteiger partial charge is 0.392 e. The molecule has 0 aliphatic carbocycles. The average Bonchev–Trinajstić information content (AvgIpc) is 3.51. The van der Waals surface area contributed by atoms with Crippen molar-refractivity contribution in [3.8, 4) is 0 Å². The monoisotopic (exact) mass is 671 g/mol. The lowest BCUT2D eigenvalue weighted by atomic mass is 9.71. The highest BCUT2D eigenvalue weighted by molar-refractivity contribution is 5.84. The molecule has 9 nitrogen and oxygen atoms in total. The fraction of sp³-hybridized carbons (Fsp3) is 0.974. The van der Waals surface area contributed by atoms with Gasteiger partial charge in [-0.25, -0.2) is 0 Å². The van der Waals surface area contributed by atoms with E-state index in [0.29, 0.717) is 51.4 Å². The molecule has 47 heavy (non-hydrogen) atoms. The van der Waals surface area contributed by atoms with E-state index in [1.165, 1.54) is 0 Å². The maximum Gasteiger partial charge on any atom is 0.198 e. The molecule has 0 spiro atoms. The van der Waals surface area contributed by atoms with Crippen LogP contribution in [0.4, 0.5) is 0 Å². The van der Waals surface area contributed by atoms with Crippen molar-refractivity contribution in [3.05, 3.63) is 0 Å². The van der Waals surface area contributed by atoms with E-state index in [1.807, 2.05) is 55.4 Å². The van der Waals surface area contributed by atoms with Crippen molar-refractivity contribution in [2.75, 3.05) is 0 Å². The van der Waals surface area contributed by atoms with Crippen molar-refractivity contribution in [1.29, 1.82) is 0 Å². The zero-order valence-electron chi connectivity index (χ0n) is 31.4. The van der Waals surface area contributed by atoms with Crippen LogP contribution in [0.5, 0.6) is 0 Å². The number of ether oxygens (including phenoxy) is 3. The lowest BCUT2D eigenvalue weighted by Gasteiger charge is -2.51. The molecule has 3 aliphatic heterocycles. The minimum absolute atomic E-state index is 0.0658. The van der Waals surface area contributed by atoms with Gasteiger partial charge in [0, 0.05) is 41.9 Å². The van der Waals surface area contributed by atoms with E-state index in [0.717, 1.165) is 12.8 Å². The highest BCUT2D eigenvalue weighted by Crippen LogP contribution is 2.56. The van der Waals surface area contributed by atoms with E-state index in [-0.39, 0.29) is 23.5 Å². The summed E-state index contributed by atoms with van der Waals surface area (Å²) in [5, 5.41) is 57.7. The average molecular weight is 671 g/mol. The maximum atomic E-state index is 14.2. The number of carbonyl (C=O) groups excluding carboxylic acids is 1. The van der Waals surface area contributed by atoms with Crippen LogP contribution in [-0.2, 0) is 19.0 Å². The van der Waals surface area contributed by atoms with E-state index < -0.39 is 77.0 Å². The van der Waals surface area contributed by atoms with Gasteiger partial charge in [-0.05, 0) is 51.4 Å². The van der Waals surface area contributed by atoms with Crippen LogP contribution in [0.3, 0.4) is 0 Å². The van der Waals surface area contributed by atoms with Crippen molar-refractivity contribution in [3.63, 3.8) is 0 Å². The molecule has 0 aromatic carbocycles. The molecule has 0 unspecified atom stereocenters. The molecule has 3 fully saturated rings. The first-order valence-corrected chi connectivity index (χ1v) is 19.0. The van der Waals surface area contributed by atoms with E-state index >= 15 is 0 Å². The fourth-order valence-corrected chi connectivity index (χ4v) is 9.59. The summed E-state index contributed by atoms with van der Waals surface area (Å²) >= 11 is 0. The second-order valence-electron chi connectivity index (χ2n) is 16.1. The van der Waals surface area contributed by atoms with Gasteiger partial charge in [-0.2, -0.15) is 0 Å². The molecule has 5 N–H and O–H groups in total. The van der Waals surface area contributed by atoms with Gasteiger partial charge in [0.2, 0.25) is 0 Å². The van der Waals surface area contributed by atoms with E-state index in [9.17, 15) is 30.3 Å². The van der Waals surface area contributed by atoms with Crippen LogP contribution in [0, 0.1) is 41.4 Å². The maximum absolute atomic E-state index is 14.2. The molecule has 16 atom stereocenters. The quantitative estimate of drug-likeness (QED) is 0.139. The summed E-state index contributed by atoms with van der Waals surface area (Å²) in [4.78, 5) is 14.2. The molecular weight excluding hydrogens is 600 g/mol. The predicted molar refractivity (Wildman–Crippen MR) is 182 cm³/mol. The summed E-state index contributed by atoms with van der Waals surface area (Å²) in [5.41, 5.74) is -1.96. The van der Waals surface area contributed by atoms with Crippen LogP contribution < -0.4 is 0 Å². The van der Waals surface area contributed by atoms with Crippen molar-refractivity contribution in [2.45, 2.75) is 194 Å². The van der Waals surface area contributed by atoms with Crippen LogP contribution in [-0.4, -0.2) is 84.6 Å². The summed E-state index contributed by atoms with van der Waals surface area (Å²) in [6, 6.07) is 0. The molecular formula is C38H70O9. The zero-order valence-corrected chi connectivity index (χ0v) is 31.4. The number of hydrogen-bond donors (Lipinski definition) is 5. The standard InChI is InChI=1S/C38H70O9/c1-12-17-18-29(39)36(16-5)21-23(7)38(44,47-36)35(11)20-22(6)33(45-35)27(14-3)31(41)24(8)30(40)25(9)34-28(15-4)32(42)26(10)37(43,46-34)19-13-2/h22-30,32-34,39-40,42-44H,12-21H2,1-11H3/t22-,23+,24-,25-,26+,27+,28-,29+,30-,32+,33-,34+,35-,36+,37-,38+/m1/s1. The van der Waals surface area contributed by atoms with Crippen LogP contribution in [0.25, 0.3) is 0 Å². The highest BCUT2D eigenvalue weighted by atomic mass is 16.7. The minimum atomic E-state index is -1.64. The zero-order chi connectivity index (χ0) is 35.7. The van der Waals surface area contributed by atoms with E-state index in [4.69, 9.17) is 14.2 Å². The number of aliphatic hydroxyl groups excluding tert-OH is 3. The molecule has 3 heterocycles. The van der Waals surface area contributed by atoms with Gasteiger partial charge in [0.1, 0.15) is 11.4 Å². The first-order chi connectivity index (χ1) is 21.9. The molecule has 3 rings (SSSR count). The van der Waals surface area contributed by atoms with E-state index in [2.05, 4.69) is 6.92 Å². The van der Waals surface area contributed by atoms with Gasteiger partial charge in [-0.15, -0.1) is 0 Å². The normalized spacial score (nSPS) is 44.2. The van der Waals surface area contributed by atoms with Crippen molar-refractivity contribution in [1.82, 2.24) is 0 Å². The Hall–Kier alpha value is -0.650. The SMILES string of the molecule is CCCC[C@H](O)[C@]1(CC)C[C@H](C)[C@@](O)([C@@]2(C)C[C@@H](C)[C@H]([C@@H](CC)C(=O)[C@H](C)[C@@H](O)[C@@H](C)[C@@H]3O[C@](O)(CCC)[C@@H](C)[C@H](O)[C@H]3CC)O2)O1. The van der Waals surface area contributed by atoms with Gasteiger partial charge in [-0.1, -0.05) is 88.5 Å². The first-order valence-electron chi connectivity index (χ1n) is 19.0. The molecule has 0 aromatic rings. The first kappa shape index (κ1) is 40.8. The van der Waals surface area contributed by atoms with Crippen LogP contribution in [0.1, 0.15) is 140 Å². The van der Waals surface area contributed by atoms with Gasteiger partial charge < -0.3 is 39.7 Å². The molecule has 9 heteroatoms. The number of ketones is 1. The Morgan fingerprint density at radius 1 is 0.936 bits per heavy atom. The molecule has 0 amide bonds. The second-order valence-corrected chi connectivity index (χ2v) is 16.1. The van der Waals surface area contributed by atoms with Gasteiger partial charge in [-0.3, -0.25) is 4.79 Å². The number of rotatable bonds is 16. The number of hydrogen-bond acceptors (Lipinski definition) is 9. The van der Waals surface area contributed by atoms with Crippen LogP contribution in [0.2, 0.25) is 0 Å². The summed E-state index contributed by atoms with van der Waals surface area (Å²) in [6.07, 6.45) is 2.50. The van der Waals surface area contributed by atoms with Gasteiger partial charge in [0.15, 0.2) is 11.6 Å². The lowest BCUT2D eigenvalue weighted by Crippen LogP contribution is -2.60. The van der Waals surface area contributed by atoms with Gasteiger partial charge >= 0.3 is 0 Å². The number of unbranched alkanes of at least 4 members (excludes halogenated alkanes) is 1. The molecule has 3 saturated heterocycles. The Kier molecular flexibility index (Phi) is 13.6. The highest BCUT2D eigenvalue weighted by Gasteiger charge is 2.67. The Labute approximate surface area is 285 Å². The fourth-order valence-electron chi connectivity index (χ4n) is 9.59. The second kappa shape index (κ2) is 15.7. The Morgan fingerprint density at radius 3 is 2.11 bits per heavy atom. The van der Waals surface area contributed by atoms with E-state index in [1.54, 1.807) is 13.8 Å².